The Bertz CT molecular complexity index is 961. The van der Waals surface area contributed by atoms with Gasteiger partial charge in [-0.2, -0.15) is 0 Å². The van der Waals surface area contributed by atoms with Crippen LogP contribution in [0.25, 0.3) is 0 Å². The fourth-order valence-electron chi connectivity index (χ4n) is 2.33. The van der Waals surface area contributed by atoms with Crippen molar-refractivity contribution in [1.29, 1.82) is 0 Å². The molecule has 0 unspecified atom stereocenters. The number of nitrogens with one attached hydrogen (secondary N) is 1. The third-order valence-corrected chi connectivity index (χ3v) is 3.55. The number of carbonyl (C=O) groups excluding carboxylic acids is 3. The summed E-state index contributed by atoms with van der Waals surface area (Å²) in [5.74, 6) is -2.70. The van der Waals surface area contributed by atoms with Gasteiger partial charge in [-0.3, -0.25) is 9.78 Å². The smallest absolute Gasteiger partial charge is 0.350 e. The molecule has 1 aromatic carbocycles. The lowest BCUT2D eigenvalue weighted by atomic mass is 10.2. The number of nitrogens with two attached hydrogens (primary N) is 1. The first-order chi connectivity index (χ1) is 13.2. The van der Waals surface area contributed by atoms with Crippen LogP contribution in [0.15, 0.2) is 54.4 Å². The number of aromatic nitrogens is 1. The van der Waals surface area contributed by atoms with E-state index in [1.807, 2.05) is 0 Å². The van der Waals surface area contributed by atoms with Gasteiger partial charge in [0.1, 0.15) is 17.2 Å². The monoisotopic (exact) mass is 383 g/mol. The zero-order chi connectivity index (χ0) is 20.3. The zero-order valence-corrected chi connectivity index (χ0v) is 15.1. The molecule has 3 N–H and O–H groups in total. The molecule has 2 heterocycles. The molecule has 0 radical (unpaired) electrons. The molecule has 0 atom stereocenters. The van der Waals surface area contributed by atoms with Crippen LogP contribution in [0.2, 0.25) is 0 Å². The van der Waals surface area contributed by atoms with E-state index in [-0.39, 0.29) is 11.3 Å². The number of cyclic esters (lactones) is 2. The molecule has 1 amide bonds. The van der Waals surface area contributed by atoms with Crippen LogP contribution >= 0.6 is 0 Å². The predicted octanol–water partition coefficient (Wildman–Crippen LogP) is 2.10. The lowest BCUT2D eigenvalue weighted by Gasteiger charge is -2.29. The summed E-state index contributed by atoms with van der Waals surface area (Å²) < 4.78 is 15.7. The van der Waals surface area contributed by atoms with E-state index in [0.29, 0.717) is 17.2 Å². The number of rotatable bonds is 5. The SMILES string of the molecule is CC1(C)OC(=O)C(=CNc2cccc(Oc3ccnc(C(N)=O)c3)c2)C(=O)O1. The maximum atomic E-state index is 11.9. The number of benzene rings is 1. The Kier molecular flexibility index (Phi) is 4.99. The maximum Gasteiger partial charge on any atom is 0.350 e. The molecule has 1 fully saturated rings. The lowest BCUT2D eigenvalue weighted by molar-refractivity contribution is -0.222. The molecule has 1 saturated heterocycles. The first kappa shape index (κ1) is 18.9. The van der Waals surface area contributed by atoms with E-state index < -0.39 is 23.6 Å². The normalized spacial score (nSPS) is 15.3. The minimum absolute atomic E-state index is 0.0776. The number of nitrogens with zero attached hydrogens (tertiary/aromatic N) is 1. The van der Waals surface area contributed by atoms with E-state index in [1.54, 1.807) is 30.3 Å². The maximum absolute atomic E-state index is 11.9. The summed E-state index contributed by atoms with van der Waals surface area (Å²) in [5, 5.41) is 2.83. The molecule has 1 aliphatic rings. The molecule has 1 aromatic heterocycles. The summed E-state index contributed by atoms with van der Waals surface area (Å²) in [7, 11) is 0. The lowest BCUT2D eigenvalue weighted by Crippen LogP contribution is -2.42. The highest BCUT2D eigenvalue weighted by molar-refractivity contribution is 6.15. The number of hydrogen-bond acceptors (Lipinski definition) is 8. The summed E-state index contributed by atoms with van der Waals surface area (Å²) >= 11 is 0. The Hall–Kier alpha value is -3.88. The molecule has 0 bridgehead atoms. The summed E-state index contributed by atoms with van der Waals surface area (Å²) in [5.41, 5.74) is 5.56. The quantitative estimate of drug-likeness (QED) is 0.456. The molecule has 9 heteroatoms. The third-order valence-electron chi connectivity index (χ3n) is 3.55. The van der Waals surface area contributed by atoms with Crippen molar-refractivity contribution in [1.82, 2.24) is 4.98 Å². The highest BCUT2D eigenvalue weighted by Crippen LogP contribution is 2.26. The van der Waals surface area contributed by atoms with E-state index in [9.17, 15) is 14.4 Å². The van der Waals surface area contributed by atoms with Crippen LogP contribution in [0.4, 0.5) is 5.69 Å². The summed E-state index contributed by atoms with van der Waals surface area (Å²) in [6, 6.07) is 9.71. The number of esters is 2. The second-order valence-corrected chi connectivity index (χ2v) is 6.25. The molecule has 28 heavy (non-hydrogen) atoms. The Labute approximate surface area is 160 Å². The molecule has 144 valence electrons. The van der Waals surface area contributed by atoms with Crippen LogP contribution in [0, 0.1) is 0 Å². The average Bonchev–Trinajstić information content (AvgIpc) is 2.60. The van der Waals surface area contributed by atoms with Gasteiger partial charge >= 0.3 is 11.9 Å². The van der Waals surface area contributed by atoms with Gasteiger partial charge in [0, 0.05) is 44.1 Å². The van der Waals surface area contributed by atoms with Gasteiger partial charge in [-0.25, -0.2) is 9.59 Å². The molecule has 2 aromatic rings. The number of primary amides is 1. The van der Waals surface area contributed by atoms with E-state index >= 15 is 0 Å². The van der Waals surface area contributed by atoms with Gasteiger partial charge in [0.2, 0.25) is 0 Å². The fourth-order valence-corrected chi connectivity index (χ4v) is 2.33. The molecule has 0 saturated carbocycles. The molecular weight excluding hydrogens is 366 g/mol. The number of carbonyl (C=O) groups is 3. The molecule has 0 spiro atoms. The molecule has 1 aliphatic heterocycles. The van der Waals surface area contributed by atoms with Gasteiger partial charge in [0.15, 0.2) is 5.57 Å². The molecule has 9 nitrogen and oxygen atoms in total. The minimum Gasteiger partial charge on any atom is -0.457 e. The summed E-state index contributed by atoms with van der Waals surface area (Å²) in [6.45, 7) is 2.94. The van der Waals surface area contributed by atoms with E-state index in [2.05, 4.69) is 10.3 Å². The molecule has 3 rings (SSSR count). The highest BCUT2D eigenvalue weighted by atomic mass is 16.7. The van der Waals surface area contributed by atoms with Crippen molar-refractivity contribution in [3.05, 3.63) is 60.1 Å². The number of anilines is 1. The molecular formula is C19H17N3O6. The first-order valence-electron chi connectivity index (χ1n) is 8.21. The van der Waals surface area contributed by atoms with E-state index in [1.165, 1.54) is 32.3 Å². The van der Waals surface area contributed by atoms with Gasteiger partial charge in [-0.15, -0.1) is 0 Å². The predicted molar refractivity (Wildman–Crippen MR) is 97.2 cm³/mol. The molecule has 0 aliphatic carbocycles. The average molecular weight is 383 g/mol. The number of hydrogen-bond donors (Lipinski definition) is 2. The highest BCUT2D eigenvalue weighted by Gasteiger charge is 2.38. The minimum atomic E-state index is -1.30. The van der Waals surface area contributed by atoms with Crippen LogP contribution in [0.1, 0.15) is 24.3 Å². The Morgan fingerprint density at radius 3 is 2.50 bits per heavy atom. The van der Waals surface area contributed by atoms with Gasteiger partial charge in [-0.1, -0.05) is 6.07 Å². The van der Waals surface area contributed by atoms with Gasteiger partial charge in [-0.05, 0) is 18.2 Å². The number of pyridine rings is 1. The zero-order valence-electron chi connectivity index (χ0n) is 15.1. The Morgan fingerprint density at radius 2 is 1.82 bits per heavy atom. The largest absolute Gasteiger partial charge is 0.457 e. The van der Waals surface area contributed by atoms with Gasteiger partial charge in [0.25, 0.3) is 11.7 Å². The Morgan fingerprint density at radius 1 is 1.14 bits per heavy atom. The van der Waals surface area contributed by atoms with Crippen molar-refractivity contribution in [2.45, 2.75) is 19.6 Å². The first-order valence-corrected chi connectivity index (χ1v) is 8.21. The third kappa shape index (κ3) is 4.44. The van der Waals surface area contributed by atoms with Crippen molar-refractivity contribution in [2.75, 3.05) is 5.32 Å². The summed E-state index contributed by atoms with van der Waals surface area (Å²) in [6.07, 6.45) is 2.61. The van der Waals surface area contributed by atoms with Crippen molar-refractivity contribution in [2.24, 2.45) is 5.73 Å². The van der Waals surface area contributed by atoms with Crippen molar-refractivity contribution in [3.8, 4) is 11.5 Å². The topological polar surface area (TPSA) is 130 Å². The van der Waals surface area contributed by atoms with Crippen molar-refractivity contribution in [3.63, 3.8) is 0 Å². The van der Waals surface area contributed by atoms with Crippen molar-refractivity contribution < 1.29 is 28.6 Å². The van der Waals surface area contributed by atoms with Crippen LogP contribution in [-0.4, -0.2) is 28.6 Å². The van der Waals surface area contributed by atoms with Crippen LogP contribution in [-0.2, 0) is 19.1 Å². The second-order valence-electron chi connectivity index (χ2n) is 6.25. The summed E-state index contributed by atoms with van der Waals surface area (Å²) in [4.78, 5) is 38.9. The Balaban J connectivity index is 1.73. The number of amides is 1. The van der Waals surface area contributed by atoms with Gasteiger partial charge < -0.3 is 25.3 Å². The standard InChI is InChI=1S/C19H17N3O6/c1-19(2)27-17(24)14(18(25)28-19)10-22-11-4-3-5-12(8-11)26-13-6-7-21-15(9-13)16(20)23/h3-10,22H,1-2H3,(H2,20,23). The van der Waals surface area contributed by atoms with E-state index in [0.717, 1.165) is 0 Å². The van der Waals surface area contributed by atoms with E-state index in [4.69, 9.17) is 19.9 Å². The van der Waals surface area contributed by atoms with Gasteiger partial charge in [0.05, 0.1) is 0 Å². The van der Waals surface area contributed by atoms with Crippen LogP contribution < -0.4 is 15.8 Å². The number of ether oxygens (including phenoxy) is 3. The van der Waals surface area contributed by atoms with Crippen LogP contribution in [0.5, 0.6) is 11.5 Å². The fraction of sp³-hybridized carbons (Fsp3) is 0.158. The van der Waals surface area contributed by atoms with Crippen molar-refractivity contribution >= 4 is 23.5 Å². The second kappa shape index (κ2) is 7.39. The van der Waals surface area contributed by atoms with Crippen LogP contribution in [0.3, 0.4) is 0 Å².